The predicted octanol–water partition coefficient (Wildman–Crippen LogP) is 2.92. The summed E-state index contributed by atoms with van der Waals surface area (Å²) >= 11 is 0. The zero-order valence-corrected chi connectivity index (χ0v) is 11.3. The molecule has 0 aromatic heterocycles. The van der Waals surface area contributed by atoms with E-state index in [-0.39, 0.29) is 0 Å². The maximum absolute atomic E-state index is 11.4. The van der Waals surface area contributed by atoms with Crippen LogP contribution in [0.5, 0.6) is 0 Å². The van der Waals surface area contributed by atoms with Gasteiger partial charge in [0.05, 0.1) is 6.54 Å². The summed E-state index contributed by atoms with van der Waals surface area (Å²) in [5.41, 5.74) is 1.44. The van der Waals surface area contributed by atoms with Gasteiger partial charge in [-0.05, 0) is 43.8 Å². The molecule has 0 unspecified atom stereocenters. The van der Waals surface area contributed by atoms with Crippen molar-refractivity contribution in [3.63, 3.8) is 0 Å². The third-order valence-corrected chi connectivity index (χ3v) is 3.87. The molecule has 0 aliphatic carbocycles. The molecule has 0 saturated carbocycles. The first-order valence-corrected chi connectivity index (χ1v) is 7.06. The molecule has 0 N–H and O–H groups in total. The average Bonchev–Trinajstić information content (AvgIpc) is 2.42. The number of piperidine rings is 1. The molecule has 18 heavy (non-hydrogen) atoms. The minimum atomic E-state index is 0.372. The average molecular weight is 245 g/mol. The van der Waals surface area contributed by atoms with E-state index >= 15 is 0 Å². The number of Topliss-reactive ketones (excluding diaryl/α,β-unsaturated/α-hetero) is 1. The van der Waals surface area contributed by atoms with Crippen LogP contribution in [0.15, 0.2) is 30.3 Å². The second-order valence-corrected chi connectivity index (χ2v) is 5.30. The molecule has 0 radical (unpaired) electrons. The highest BCUT2D eigenvalue weighted by Gasteiger charge is 2.20. The summed E-state index contributed by atoms with van der Waals surface area (Å²) in [7, 11) is 0. The van der Waals surface area contributed by atoms with Gasteiger partial charge in [-0.3, -0.25) is 9.69 Å². The number of nitrogens with zero attached hydrogens (tertiary/aromatic N) is 1. The molecule has 1 aliphatic rings. The van der Waals surface area contributed by atoms with Crippen molar-refractivity contribution >= 4 is 5.78 Å². The summed E-state index contributed by atoms with van der Waals surface area (Å²) in [4.78, 5) is 13.7. The number of hydrogen-bond donors (Lipinski definition) is 0. The van der Waals surface area contributed by atoms with E-state index in [2.05, 4.69) is 35.2 Å². The molecular weight excluding hydrogens is 222 g/mol. The van der Waals surface area contributed by atoms with E-state index in [9.17, 15) is 4.79 Å². The standard InChI is InChI=1S/C16H23NO/c1-2-16(18)13-17-10-8-15(9-11-17)12-14-6-4-3-5-7-14/h3-7,15H,2,8-13H2,1H3. The lowest BCUT2D eigenvalue weighted by molar-refractivity contribution is -0.120. The molecule has 98 valence electrons. The Morgan fingerprint density at radius 2 is 1.89 bits per heavy atom. The smallest absolute Gasteiger partial charge is 0.146 e. The normalized spacial score (nSPS) is 17.8. The van der Waals surface area contributed by atoms with E-state index in [1.165, 1.54) is 24.8 Å². The first-order chi connectivity index (χ1) is 8.78. The highest BCUT2D eigenvalue weighted by molar-refractivity contribution is 5.80. The maximum Gasteiger partial charge on any atom is 0.146 e. The Morgan fingerprint density at radius 3 is 2.50 bits per heavy atom. The van der Waals surface area contributed by atoms with Gasteiger partial charge in [0, 0.05) is 6.42 Å². The lowest BCUT2D eigenvalue weighted by atomic mass is 9.90. The van der Waals surface area contributed by atoms with Crippen LogP contribution in [0.4, 0.5) is 0 Å². The van der Waals surface area contributed by atoms with E-state index in [0.717, 1.165) is 19.0 Å². The molecule has 2 rings (SSSR count). The molecule has 1 fully saturated rings. The number of likely N-dealkylation sites (tertiary alicyclic amines) is 1. The molecular formula is C16H23NO. The Hall–Kier alpha value is -1.15. The number of carbonyl (C=O) groups excluding carboxylic acids is 1. The van der Waals surface area contributed by atoms with E-state index in [4.69, 9.17) is 0 Å². The zero-order chi connectivity index (χ0) is 12.8. The number of rotatable bonds is 5. The summed E-state index contributed by atoms with van der Waals surface area (Å²) < 4.78 is 0. The van der Waals surface area contributed by atoms with Gasteiger partial charge in [-0.15, -0.1) is 0 Å². The lowest BCUT2D eigenvalue weighted by Crippen LogP contribution is -2.37. The number of ketones is 1. The molecule has 1 aromatic carbocycles. The van der Waals surface area contributed by atoms with Crippen molar-refractivity contribution in [3.8, 4) is 0 Å². The molecule has 1 aliphatic heterocycles. The van der Waals surface area contributed by atoms with Crippen LogP contribution in [-0.4, -0.2) is 30.3 Å². The first kappa shape index (κ1) is 13.3. The van der Waals surface area contributed by atoms with Gasteiger partial charge in [-0.25, -0.2) is 0 Å². The Kier molecular flexibility index (Phi) is 4.94. The second kappa shape index (κ2) is 6.69. The molecule has 1 heterocycles. The Balaban J connectivity index is 1.75. The third-order valence-electron chi connectivity index (χ3n) is 3.87. The minimum absolute atomic E-state index is 0.372. The summed E-state index contributed by atoms with van der Waals surface area (Å²) in [6, 6.07) is 10.7. The Bertz CT molecular complexity index is 366. The topological polar surface area (TPSA) is 20.3 Å². The van der Waals surface area contributed by atoms with Gasteiger partial charge in [-0.2, -0.15) is 0 Å². The van der Waals surface area contributed by atoms with Crippen LogP contribution >= 0.6 is 0 Å². The summed E-state index contributed by atoms with van der Waals surface area (Å²) in [5.74, 6) is 1.16. The monoisotopic (exact) mass is 245 g/mol. The van der Waals surface area contributed by atoms with Crippen molar-refractivity contribution in [2.45, 2.75) is 32.6 Å². The van der Waals surface area contributed by atoms with Crippen LogP contribution < -0.4 is 0 Å². The molecule has 2 nitrogen and oxygen atoms in total. The molecule has 2 heteroatoms. The highest BCUT2D eigenvalue weighted by atomic mass is 16.1. The fraction of sp³-hybridized carbons (Fsp3) is 0.562. The van der Waals surface area contributed by atoms with Crippen molar-refractivity contribution in [2.24, 2.45) is 5.92 Å². The van der Waals surface area contributed by atoms with Crippen molar-refractivity contribution in [2.75, 3.05) is 19.6 Å². The highest BCUT2D eigenvalue weighted by Crippen LogP contribution is 2.21. The van der Waals surface area contributed by atoms with Crippen molar-refractivity contribution in [3.05, 3.63) is 35.9 Å². The quantitative estimate of drug-likeness (QED) is 0.795. The SMILES string of the molecule is CCC(=O)CN1CCC(Cc2ccccc2)CC1. The van der Waals surface area contributed by atoms with Gasteiger partial charge in [0.25, 0.3) is 0 Å². The van der Waals surface area contributed by atoms with Crippen LogP contribution in [0.25, 0.3) is 0 Å². The fourth-order valence-corrected chi connectivity index (χ4v) is 2.66. The van der Waals surface area contributed by atoms with Gasteiger partial charge < -0.3 is 0 Å². The molecule has 0 amide bonds. The van der Waals surface area contributed by atoms with Crippen molar-refractivity contribution < 1.29 is 4.79 Å². The summed E-state index contributed by atoms with van der Waals surface area (Å²) in [6.45, 7) is 4.78. The summed E-state index contributed by atoms with van der Waals surface area (Å²) in [5, 5.41) is 0. The van der Waals surface area contributed by atoms with Crippen LogP contribution in [0.1, 0.15) is 31.7 Å². The molecule has 0 atom stereocenters. The largest absolute Gasteiger partial charge is 0.298 e. The van der Waals surface area contributed by atoms with Crippen molar-refractivity contribution in [1.82, 2.24) is 4.90 Å². The van der Waals surface area contributed by atoms with E-state index in [1.54, 1.807) is 0 Å². The lowest BCUT2D eigenvalue weighted by Gasteiger charge is -2.31. The summed E-state index contributed by atoms with van der Waals surface area (Å²) in [6.07, 6.45) is 4.32. The first-order valence-electron chi connectivity index (χ1n) is 7.06. The molecule has 0 spiro atoms. The molecule has 1 aromatic rings. The molecule has 1 saturated heterocycles. The third kappa shape index (κ3) is 3.95. The number of benzene rings is 1. The second-order valence-electron chi connectivity index (χ2n) is 5.30. The van der Waals surface area contributed by atoms with Crippen LogP contribution in [-0.2, 0) is 11.2 Å². The van der Waals surface area contributed by atoms with E-state index in [0.29, 0.717) is 18.7 Å². The van der Waals surface area contributed by atoms with E-state index in [1.807, 2.05) is 6.92 Å². The maximum atomic E-state index is 11.4. The number of hydrogen-bond acceptors (Lipinski definition) is 2. The van der Waals surface area contributed by atoms with Crippen LogP contribution in [0.3, 0.4) is 0 Å². The van der Waals surface area contributed by atoms with E-state index < -0.39 is 0 Å². The van der Waals surface area contributed by atoms with Gasteiger partial charge in [0.2, 0.25) is 0 Å². The Labute approximate surface area is 110 Å². The van der Waals surface area contributed by atoms with Crippen molar-refractivity contribution in [1.29, 1.82) is 0 Å². The minimum Gasteiger partial charge on any atom is -0.298 e. The van der Waals surface area contributed by atoms with Gasteiger partial charge in [0.15, 0.2) is 0 Å². The Morgan fingerprint density at radius 1 is 1.22 bits per heavy atom. The number of carbonyl (C=O) groups is 1. The molecule has 0 bridgehead atoms. The van der Waals surface area contributed by atoms with Gasteiger partial charge >= 0.3 is 0 Å². The van der Waals surface area contributed by atoms with Crippen LogP contribution in [0, 0.1) is 5.92 Å². The van der Waals surface area contributed by atoms with Gasteiger partial charge in [-0.1, -0.05) is 37.3 Å². The fourth-order valence-electron chi connectivity index (χ4n) is 2.66. The predicted molar refractivity (Wildman–Crippen MR) is 74.6 cm³/mol. The zero-order valence-electron chi connectivity index (χ0n) is 11.3. The van der Waals surface area contributed by atoms with Gasteiger partial charge in [0.1, 0.15) is 5.78 Å². The van der Waals surface area contributed by atoms with Crippen LogP contribution in [0.2, 0.25) is 0 Å².